The molecule has 0 radical (unpaired) electrons. The molecule has 3 unspecified atom stereocenters. The second kappa shape index (κ2) is 7.48. The second-order valence-electron chi connectivity index (χ2n) is 5.91. The average Bonchev–Trinajstić information content (AvgIpc) is 2.48. The van der Waals surface area contributed by atoms with Crippen molar-refractivity contribution in [2.24, 2.45) is 0 Å². The van der Waals surface area contributed by atoms with E-state index < -0.39 is 0 Å². The summed E-state index contributed by atoms with van der Waals surface area (Å²) in [6.45, 7) is 5.70. The smallest absolute Gasteiger partial charge is 0.302 e. The molecule has 1 aromatic rings. The van der Waals surface area contributed by atoms with Gasteiger partial charge in [0.05, 0.1) is 6.10 Å². The molecule has 1 aliphatic rings. The molecule has 116 valence electrons. The molecule has 3 heteroatoms. The Morgan fingerprint density at radius 2 is 2.00 bits per heavy atom. The first kappa shape index (κ1) is 15.9. The molecule has 0 saturated heterocycles. The molecule has 3 atom stereocenters. The summed E-state index contributed by atoms with van der Waals surface area (Å²) in [6.07, 6.45) is 5.47. The van der Waals surface area contributed by atoms with Crippen LogP contribution in [0.3, 0.4) is 0 Å². The molecule has 3 nitrogen and oxygen atoms in total. The van der Waals surface area contributed by atoms with Crippen molar-refractivity contribution in [2.45, 2.75) is 71.0 Å². The molecule has 21 heavy (non-hydrogen) atoms. The number of carbonyl (C=O) groups is 1. The molecule has 1 aliphatic carbocycles. The second-order valence-corrected chi connectivity index (χ2v) is 5.91. The Labute approximate surface area is 127 Å². The summed E-state index contributed by atoms with van der Waals surface area (Å²) >= 11 is 0. The number of hydrogen-bond donors (Lipinski definition) is 0. The van der Waals surface area contributed by atoms with Crippen LogP contribution < -0.4 is 4.74 Å². The van der Waals surface area contributed by atoms with E-state index in [0.717, 1.165) is 31.4 Å². The van der Waals surface area contributed by atoms with E-state index in [1.807, 2.05) is 18.2 Å². The molecule has 0 spiro atoms. The van der Waals surface area contributed by atoms with Gasteiger partial charge in [0.15, 0.2) is 0 Å². The summed E-state index contributed by atoms with van der Waals surface area (Å²) in [4.78, 5) is 11.3. The normalized spacial score (nSPS) is 23.4. The van der Waals surface area contributed by atoms with Gasteiger partial charge in [-0.15, -0.1) is 0 Å². The number of para-hydroxylation sites is 1. The maximum Gasteiger partial charge on any atom is 0.302 e. The van der Waals surface area contributed by atoms with E-state index >= 15 is 0 Å². The summed E-state index contributed by atoms with van der Waals surface area (Å²) in [7, 11) is 0. The highest BCUT2D eigenvalue weighted by molar-refractivity contribution is 5.66. The number of esters is 1. The molecule has 0 aromatic heterocycles. The third-order valence-corrected chi connectivity index (χ3v) is 4.24. The van der Waals surface area contributed by atoms with E-state index in [1.54, 1.807) is 0 Å². The van der Waals surface area contributed by atoms with Crippen molar-refractivity contribution in [1.82, 2.24) is 0 Å². The Hall–Kier alpha value is -1.51. The van der Waals surface area contributed by atoms with Gasteiger partial charge in [0, 0.05) is 18.4 Å². The standard InChI is InChI=1S/C18H26O3/c1-4-13(2)20-17-11-7-5-9-15(17)16-10-6-8-12-18(16)21-14(3)19/h5,7,9,11,13,16,18H,4,6,8,10,12H2,1-3H3. The van der Waals surface area contributed by atoms with Crippen LogP contribution in [-0.4, -0.2) is 18.2 Å². The van der Waals surface area contributed by atoms with Crippen molar-refractivity contribution >= 4 is 5.97 Å². The fraction of sp³-hybridized carbons (Fsp3) is 0.611. The first-order valence-electron chi connectivity index (χ1n) is 8.04. The third kappa shape index (κ3) is 4.23. The van der Waals surface area contributed by atoms with E-state index in [4.69, 9.17) is 9.47 Å². The number of benzene rings is 1. The van der Waals surface area contributed by atoms with E-state index in [9.17, 15) is 4.79 Å². The Bertz CT molecular complexity index is 469. The van der Waals surface area contributed by atoms with Crippen LogP contribution in [-0.2, 0) is 9.53 Å². The van der Waals surface area contributed by atoms with Crippen LogP contribution in [0, 0.1) is 0 Å². The summed E-state index contributed by atoms with van der Waals surface area (Å²) in [5, 5.41) is 0. The number of hydrogen-bond acceptors (Lipinski definition) is 3. The lowest BCUT2D eigenvalue weighted by Gasteiger charge is -2.32. The van der Waals surface area contributed by atoms with Gasteiger partial charge in [-0.2, -0.15) is 0 Å². The van der Waals surface area contributed by atoms with Crippen molar-refractivity contribution < 1.29 is 14.3 Å². The van der Waals surface area contributed by atoms with Gasteiger partial charge in [0.1, 0.15) is 11.9 Å². The first-order valence-corrected chi connectivity index (χ1v) is 8.04. The predicted octanol–water partition coefficient (Wildman–Crippen LogP) is 4.45. The molecule has 0 heterocycles. The van der Waals surface area contributed by atoms with Crippen molar-refractivity contribution in [1.29, 1.82) is 0 Å². The van der Waals surface area contributed by atoms with Gasteiger partial charge in [-0.1, -0.05) is 31.5 Å². The topological polar surface area (TPSA) is 35.5 Å². The minimum absolute atomic E-state index is 0.0158. The van der Waals surface area contributed by atoms with Crippen molar-refractivity contribution in [2.75, 3.05) is 0 Å². The van der Waals surface area contributed by atoms with Crippen LogP contribution in [0.2, 0.25) is 0 Å². The van der Waals surface area contributed by atoms with Crippen LogP contribution >= 0.6 is 0 Å². The van der Waals surface area contributed by atoms with Crippen LogP contribution in [0.4, 0.5) is 0 Å². The van der Waals surface area contributed by atoms with E-state index in [2.05, 4.69) is 19.9 Å². The SMILES string of the molecule is CCC(C)Oc1ccccc1C1CCCCC1OC(C)=O. The predicted molar refractivity (Wildman–Crippen MR) is 83.6 cm³/mol. The molecule has 0 bridgehead atoms. The number of ether oxygens (including phenoxy) is 2. The number of carbonyl (C=O) groups excluding carboxylic acids is 1. The van der Waals surface area contributed by atoms with Gasteiger partial charge >= 0.3 is 5.97 Å². The van der Waals surface area contributed by atoms with Gasteiger partial charge < -0.3 is 9.47 Å². The maximum absolute atomic E-state index is 11.3. The van der Waals surface area contributed by atoms with Gasteiger partial charge in [0.25, 0.3) is 0 Å². The van der Waals surface area contributed by atoms with Crippen molar-refractivity contribution in [3.8, 4) is 5.75 Å². The number of rotatable bonds is 5. The zero-order valence-electron chi connectivity index (χ0n) is 13.3. The highest BCUT2D eigenvalue weighted by atomic mass is 16.5. The van der Waals surface area contributed by atoms with Crippen LogP contribution in [0.15, 0.2) is 24.3 Å². The Morgan fingerprint density at radius 1 is 1.29 bits per heavy atom. The van der Waals surface area contributed by atoms with Crippen molar-refractivity contribution in [3.63, 3.8) is 0 Å². The molecule has 1 fully saturated rings. The molecular weight excluding hydrogens is 264 g/mol. The molecule has 2 rings (SSSR count). The molecule has 1 saturated carbocycles. The summed E-state index contributed by atoms with van der Waals surface area (Å²) in [6, 6.07) is 8.19. The highest BCUT2D eigenvalue weighted by Gasteiger charge is 2.31. The highest BCUT2D eigenvalue weighted by Crippen LogP contribution is 2.39. The Kier molecular flexibility index (Phi) is 5.66. The third-order valence-electron chi connectivity index (χ3n) is 4.24. The van der Waals surface area contributed by atoms with Gasteiger partial charge in [-0.3, -0.25) is 4.79 Å². The lowest BCUT2D eigenvalue weighted by atomic mass is 9.81. The average molecular weight is 290 g/mol. The molecular formula is C18H26O3. The minimum Gasteiger partial charge on any atom is -0.490 e. The molecule has 0 N–H and O–H groups in total. The maximum atomic E-state index is 11.3. The quantitative estimate of drug-likeness (QED) is 0.751. The Morgan fingerprint density at radius 3 is 2.71 bits per heavy atom. The zero-order valence-corrected chi connectivity index (χ0v) is 13.3. The zero-order chi connectivity index (χ0) is 15.2. The van der Waals surface area contributed by atoms with Gasteiger partial charge in [-0.25, -0.2) is 0 Å². The van der Waals surface area contributed by atoms with E-state index in [-0.39, 0.29) is 24.1 Å². The van der Waals surface area contributed by atoms with E-state index in [0.29, 0.717) is 0 Å². The molecule has 0 amide bonds. The summed E-state index contributed by atoms with van der Waals surface area (Å²) in [5.74, 6) is 1.01. The monoisotopic (exact) mass is 290 g/mol. The fourth-order valence-corrected chi connectivity index (χ4v) is 3.00. The van der Waals surface area contributed by atoms with Crippen LogP contribution in [0.25, 0.3) is 0 Å². The summed E-state index contributed by atoms with van der Waals surface area (Å²) < 4.78 is 11.6. The fourth-order valence-electron chi connectivity index (χ4n) is 3.00. The van der Waals surface area contributed by atoms with E-state index in [1.165, 1.54) is 18.9 Å². The van der Waals surface area contributed by atoms with Crippen LogP contribution in [0.5, 0.6) is 5.75 Å². The lowest BCUT2D eigenvalue weighted by molar-refractivity contribution is -0.148. The lowest BCUT2D eigenvalue weighted by Crippen LogP contribution is -2.28. The first-order chi connectivity index (χ1) is 10.1. The summed E-state index contributed by atoms with van der Waals surface area (Å²) in [5.41, 5.74) is 1.18. The van der Waals surface area contributed by atoms with Gasteiger partial charge in [-0.05, 0) is 38.7 Å². The molecule has 1 aromatic carbocycles. The minimum atomic E-state index is -0.188. The molecule has 0 aliphatic heterocycles. The van der Waals surface area contributed by atoms with Crippen LogP contribution in [0.1, 0.15) is 64.4 Å². The Balaban J connectivity index is 2.23. The van der Waals surface area contributed by atoms with Gasteiger partial charge in [0.2, 0.25) is 0 Å². The van der Waals surface area contributed by atoms with Crippen molar-refractivity contribution in [3.05, 3.63) is 29.8 Å². The largest absolute Gasteiger partial charge is 0.490 e.